The minimum absolute atomic E-state index is 0.0140. The van der Waals surface area contributed by atoms with Crippen LogP contribution in [0.3, 0.4) is 0 Å². The number of hydrogen-bond donors (Lipinski definition) is 1. The van der Waals surface area contributed by atoms with Crippen LogP contribution in [-0.2, 0) is 9.59 Å². The molecule has 0 amide bonds. The molecule has 25 heavy (non-hydrogen) atoms. The van der Waals surface area contributed by atoms with E-state index in [0.717, 1.165) is 0 Å². The summed E-state index contributed by atoms with van der Waals surface area (Å²) >= 11 is 0. The summed E-state index contributed by atoms with van der Waals surface area (Å²) in [5.74, 6) is -3.60. The molecule has 1 N–H and O–H groups in total. The van der Waals surface area contributed by atoms with Gasteiger partial charge in [0.2, 0.25) is 13.3 Å². The first-order valence-corrected chi connectivity index (χ1v) is 7.82. The second-order valence-electron chi connectivity index (χ2n) is 5.62. The summed E-state index contributed by atoms with van der Waals surface area (Å²) in [6, 6.07) is 4.61. The average Bonchev–Trinajstić information content (AvgIpc) is 3.01. The zero-order chi connectivity index (χ0) is 18.4. The van der Waals surface area contributed by atoms with E-state index in [2.05, 4.69) is 0 Å². The number of benzene rings is 1. The maximum absolute atomic E-state index is 12.4. The number of carbonyl (C=O) groups excluding carboxylic acids is 1. The first-order valence-electron chi connectivity index (χ1n) is 7.82. The van der Waals surface area contributed by atoms with E-state index in [1.807, 2.05) is 0 Å². The summed E-state index contributed by atoms with van der Waals surface area (Å²) in [5, 5.41) is 20.6. The highest BCUT2D eigenvalue weighted by molar-refractivity contribution is 5.99. The lowest BCUT2D eigenvalue weighted by Crippen LogP contribution is -2.33. The zero-order valence-corrected chi connectivity index (χ0v) is 13.7. The van der Waals surface area contributed by atoms with E-state index in [-0.39, 0.29) is 13.2 Å². The number of nitro groups is 1. The molecule has 134 valence electrons. The number of ether oxygens (including phenoxy) is 2. The fraction of sp³-hybridized carbons (Fsp3) is 0.412. The Morgan fingerprint density at radius 1 is 1.36 bits per heavy atom. The molecule has 2 atom stereocenters. The second-order valence-corrected chi connectivity index (χ2v) is 5.62. The fourth-order valence-corrected chi connectivity index (χ4v) is 2.79. The van der Waals surface area contributed by atoms with Crippen LogP contribution in [-0.4, -0.2) is 35.1 Å². The molecule has 8 nitrogen and oxygen atoms in total. The predicted octanol–water partition coefficient (Wildman–Crippen LogP) is 2.40. The number of fused-ring (bicyclic) bond motifs is 1. The van der Waals surface area contributed by atoms with Crippen molar-refractivity contribution in [2.75, 3.05) is 13.3 Å². The third-order valence-electron chi connectivity index (χ3n) is 3.98. The van der Waals surface area contributed by atoms with Crippen molar-refractivity contribution >= 4 is 11.8 Å². The molecule has 0 aromatic heterocycles. The highest BCUT2D eigenvalue weighted by Crippen LogP contribution is 2.37. The van der Waals surface area contributed by atoms with Crippen LogP contribution >= 0.6 is 0 Å². The van der Waals surface area contributed by atoms with Crippen molar-refractivity contribution in [1.29, 1.82) is 0 Å². The topological polar surface area (TPSA) is 116 Å². The lowest BCUT2D eigenvalue weighted by atomic mass is 9.81. The van der Waals surface area contributed by atoms with Gasteiger partial charge in [-0.2, -0.15) is 0 Å². The third kappa shape index (κ3) is 4.56. The van der Waals surface area contributed by atoms with Crippen LogP contribution in [0.2, 0.25) is 0 Å². The molecule has 1 aliphatic rings. The number of allylic oxidation sites excluding steroid dienone is 2. The van der Waals surface area contributed by atoms with Crippen molar-refractivity contribution in [2.45, 2.75) is 25.7 Å². The molecule has 2 unspecified atom stereocenters. The van der Waals surface area contributed by atoms with Crippen molar-refractivity contribution < 1.29 is 29.1 Å². The number of rotatable bonds is 9. The predicted molar refractivity (Wildman–Crippen MR) is 87.3 cm³/mol. The maximum Gasteiger partial charge on any atom is 0.314 e. The van der Waals surface area contributed by atoms with Crippen molar-refractivity contribution in [3.63, 3.8) is 0 Å². The van der Waals surface area contributed by atoms with E-state index in [1.165, 1.54) is 12.1 Å². The molecule has 1 aliphatic heterocycles. The Bertz CT molecular complexity index is 698. The lowest BCUT2D eigenvalue weighted by molar-refractivity contribution is -0.484. The normalized spacial score (nSPS) is 15.1. The van der Waals surface area contributed by atoms with Gasteiger partial charge in [0.1, 0.15) is 11.7 Å². The van der Waals surface area contributed by atoms with Crippen LogP contribution in [0.25, 0.3) is 0 Å². The van der Waals surface area contributed by atoms with Crippen LogP contribution < -0.4 is 9.47 Å². The summed E-state index contributed by atoms with van der Waals surface area (Å²) in [4.78, 5) is 34.5. The third-order valence-corrected chi connectivity index (χ3v) is 3.98. The highest BCUT2D eigenvalue weighted by atomic mass is 16.7. The minimum atomic E-state index is -1.49. The van der Waals surface area contributed by atoms with Crippen LogP contribution in [0.5, 0.6) is 11.5 Å². The Labute approximate surface area is 144 Å². The van der Waals surface area contributed by atoms with Crippen molar-refractivity contribution in [3.05, 3.63) is 46.0 Å². The van der Waals surface area contributed by atoms with Gasteiger partial charge < -0.3 is 14.6 Å². The van der Waals surface area contributed by atoms with Gasteiger partial charge >= 0.3 is 5.97 Å². The van der Waals surface area contributed by atoms with Gasteiger partial charge in [-0.3, -0.25) is 19.7 Å². The first-order chi connectivity index (χ1) is 11.9. The number of carboxylic acid groups (broad SMARTS) is 1. The SMILES string of the molecule is CC=CCCC(=O)C(C(=O)O)C(C[N+](=O)[O-])c1ccc2c(c1)OCO2. The summed E-state index contributed by atoms with van der Waals surface area (Å²) in [6.07, 6.45) is 3.92. The number of hydrogen-bond acceptors (Lipinski definition) is 6. The number of Topliss-reactive ketones (excluding diaryl/α,β-unsaturated/α-hetero) is 1. The van der Waals surface area contributed by atoms with Crippen LogP contribution in [0.1, 0.15) is 31.2 Å². The van der Waals surface area contributed by atoms with Gasteiger partial charge in [0.15, 0.2) is 11.5 Å². The number of nitrogens with zero attached hydrogens (tertiary/aromatic N) is 1. The zero-order valence-electron chi connectivity index (χ0n) is 13.7. The minimum Gasteiger partial charge on any atom is -0.481 e. The van der Waals surface area contributed by atoms with Crippen molar-refractivity contribution in [3.8, 4) is 11.5 Å². The standard InChI is InChI=1S/C17H19NO7/c1-2-3-4-5-13(19)16(17(20)21)12(9-18(22)23)11-6-7-14-15(8-11)25-10-24-14/h2-3,6-8,12,16H,4-5,9-10H2,1H3,(H,20,21). The summed E-state index contributed by atoms with van der Waals surface area (Å²) < 4.78 is 10.4. The Kier molecular flexibility index (Phi) is 6.10. The smallest absolute Gasteiger partial charge is 0.314 e. The average molecular weight is 349 g/mol. The molecule has 0 spiro atoms. The molecule has 1 heterocycles. The van der Waals surface area contributed by atoms with Gasteiger partial charge in [-0.1, -0.05) is 18.2 Å². The molecule has 0 bridgehead atoms. The van der Waals surface area contributed by atoms with Gasteiger partial charge in [-0.15, -0.1) is 0 Å². The number of ketones is 1. The van der Waals surface area contributed by atoms with Gasteiger partial charge in [-0.25, -0.2) is 0 Å². The molecule has 8 heteroatoms. The van der Waals surface area contributed by atoms with E-state index in [9.17, 15) is 24.8 Å². The van der Waals surface area contributed by atoms with Gasteiger partial charge in [-0.05, 0) is 31.0 Å². The Morgan fingerprint density at radius 3 is 2.72 bits per heavy atom. The highest BCUT2D eigenvalue weighted by Gasteiger charge is 2.38. The van der Waals surface area contributed by atoms with Crippen LogP contribution in [0.4, 0.5) is 0 Å². The molecular formula is C17H19NO7. The summed E-state index contributed by atoms with van der Waals surface area (Å²) in [5.41, 5.74) is 0.368. The summed E-state index contributed by atoms with van der Waals surface area (Å²) in [7, 11) is 0. The molecule has 0 saturated heterocycles. The second kappa shape index (κ2) is 8.27. The molecule has 2 rings (SSSR count). The van der Waals surface area contributed by atoms with Crippen molar-refractivity contribution in [2.24, 2.45) is 5.92 Å². The molecule has 1 aromatic rings. The van der Waals surface area contributed by atoms with Gasteiger partial charge in [0.05, 0.1) is 5.92 Å². The van der Waals surface area contributed by atoms with Crippen LogP contribution in [0.15, 0.2) is 30.4 Å². The maximum atomic E-state index is 12.4. The lowest BCUT2D eigenvalue weighted by Gasteiger charge is -2.20. The van der Waals surface area contributed by atoms with E-state index in [1.54, 1.807) is 25.1 Å². The van der Waals surface area contributed by atoms with E-state index >= 15 is 0 Å². The first kappa shape index (κ1) is 18.4. The number of aliphatic carboxylic acids is 1. The van der Waals surface area contributed by atoms with Crippen LogP contribution in [0, 0.1) is 16.0 Å². The molecule has 0 saturated carbocycles. The number of carboxylic acids is 1. The molecule has 0 radical (unpaired) electrons. The molecular weight excluding hydrogens is 330 g/mol. The Hall–Kier alpha value is -2.90. The quantitative estimate of drug-likeness (QED) is 0.315. The number of carbonyl (C=O) groups is 2. The van der Waals surface area contributed by atoms with Gasteiger partial charge in [0, 0.05) is 11.3 Å². The van der Waals surface area contributed by atoms with E-state index in [0.29, 0.717) is 23.5 Å². The Morgan fingerprint density at radius 2 is 2.08 bits per heavy atom. The summed E-state index contributed by atoms with van der Waals surface area (Å²) in [6.45, 7) is 1.16. The monoisotopic (exact) mass is 349 g/mol. The Balaban J connectivity index is 2.33. The molecule has 0 fully saturated rings. The molecule has 1 aromatic carbocycles. The fourth-order valence-electron chi connectivity index (χ4n) is 2.79. The van der Waals surface area contributed by atoms with E-state index < -0.39 is 35.1 Å². The molecule has 0 aliphatic carbocycles. The van der Waals surface area contributed by atoms with E-state index in [4.69, 9.17) is 9.47 Å². The van der Waals surface area contributed by atoms with Gasteiger partial charge in [0.25, 0.3) is 0 Å². The van der Waals surface area contributed by atoms with Crippen molar-refractivity contribution in [1.82, 2.24) is 0 Å². The largest absolute Gasteiger partial charge is 0.481 e.